The highest BCUT2D eigenvalue weighted by Crippen LogP contribution is 2.37. The number of amides is 1. The number of carbonyl (C=O) groups excluding carboxylic acids is 1. The first-order valence-electron chi connectivity index (χ1n) is 10.8. The van der Waals surface area contributed by atoms with Gasteiger partial charge in [0.15, 0.2) is 11.5 Å². The number of halogens is 1. The van der Waals surface area contributed by atoms with Crippen LogP contribution >= 0.6 is 0 Å². The number of nitrogens with one attached hydrogen (secondary N) is 1. The molecular weight excluding hydrogens is 447 g/mol. The lowest BCUT2D eigenvalue weighted by Gasteiger charge is -2.13. The Balaban J connectivity index is 1.45. The Bertz CT molecular complexity index is 1570. The number of hydrogen-bond donors (Lipinski definition) is 1. The van der Waals surface area contributed by atoms with Crippen molar-refractivity contribution < 1.29 is 23.4 Å². The van der Waals surface area contributed by atoms with E-state index in [0.717, 1.165) is 16.2 Å². The van der Waals surface area contributed by atoms with Crippen LogP contribution in [0.1, 0.15) is 10.4 Å². The van der Waals surface area contributed by atoms with Crippen molar-refractivity contribution in [2.24, 2.45) is 0 Å². The maximum atomic E-state index is 13.4. The lowest BCUT2D eigenvalue weighted by atomic mass is 10.1. The number of methoxy groups -OCH3 is 2. The van der Waals surface area contributed by atoms with Crippen LogP contribution < -0.4 is 19.5 Å². The minimum Gasteiger partial charge on any atom is -0.493 e. The molecule has 6 nitrogen and oxygen atoms in total. The van der Waals surface area contributed by atoms with E-state index >= 15 is 0 Å². The molecule has 0 aliphatic rings. The van der Waals surface area contributed by atoms with E-state index in [0.29, 0.717) is 39.8 Å². The number of benzene rings is 4. The van der Waals surface area contributed by atoms with Gasteiger partial charge in [0.05, 0.1) is 19.7 Å². The summed E-state index contributed by atoms with van der Waals surface area (Å²) in [6, 6.07) is 22.2. The second kappa shape index (κ2) is 9.30. The number of rotatable bonds is 6. The zero-order valence-corrected chi connectivity index (χ0v) is 19.0. The molecule has 1 heterocycles. The van der Waals surface area contributed by atoms with Crippen molar-refractivity contribution >= 4 is 33.3 Å². The Kier molecular flexibility index (Phi) is 5.89. The summed E-state index contributed by atoms with van der Waals surface area (Å²) in [5.74, 6) is 1.62. The smallest absolute Gasteiger partial charge is 0.255 e. The average Bonchev–Trinajstić information content (AvgIpc) is 2.87. The fourth-order valence-electron chi connectivity index (χ4n) is 3.86. The van der Waals surface area contributed by atoms with Gasteiger partial charge in [0.25, 0.3) is 5.91 Å². The van der Waals surface area contributed by atoms with Gasteiger partial charge >= 0.3 is 0 Å². The molecule has 1 aromatic heterocycles. The number of aromatic nitrogens is 1. The fraction of sp³-hybridized carbons (Fsp3) is 0.0714. The Labute approximate surface area is 200 Å². The molecule has 0 saturated carbocycles. The highest BCUT2D eigenvalue weighted by atomic mass is 19.1. The molecule has 0 fully saturated rings. The summed E-state index contributed by atoms with van der Waals surface area (Å²) >= 11 is 0. The van der Waals surface area contributed by atoms with Crippen LogP contribution in [0.2, 0.25) is 0 Å². The van der Waals surface area contributed by atoms with E-state index in [1.807, 2.05) is 30.3 Å². The van der Waals surface area contributed by atoms with Crippen molar-refractivity contribution in [1.29, 1.82) is 0 Å². The second-order valence-corrected chi connectivity index (χ2v) is 7.82. The molecule has 4 aromatic carbocycles. The summed E-state index contributed by atoms with van der Waals surface area (Å²) in [4.78, 5) is 17.1. The van der Waals surface area contributed by atoms with Gasteiger partial charge in [-0.3, -0.25) is 9.78 Å². The van der Waals surface area contributed by atoms with Crippen LogP contribution in [0.5, 0.6) is 23.0 Å². The van der Waals surface area contributed by atoms with E-state index in [1.165, 1.54) is 12.1 Å². The van der Waals surface area contributed by atoms with Gasteiger partial charge < -0.3 is 19.5 Å². The van der Waals surface area contributed by atoms with Crippen molar-refractivity contribution in [2.45, 2.75) is 0 Å². The molecular formula is C28H21FN2O4. The summed E-state index contributed by atoms with van der Waals surface area (Å²) in [7, 11) is 3.15. The second-order valence-electron chi connectivity index (χ2n) is 7.82. The van der Waals surface area contributed by atoms with E-state index in [4.69, 9.17) is 14.2 Å². The molecule has 0 bridgehead atoms. The van der Waals surface area contributed by atoms with E-state index in [1.54, 1.807) is 56.8 Å². The van der Waals surface area contributed by atoms with Gasteiger partial charge in [-0.25, -0.2) is 4.39 Å². The van der Waals surface area contributed by atoms with Crippen molar-refractivity contribution in [3.8, 4) is 23.0 Å². The van der Waals surface area contributed by atoms with Gasteiger partial charge in [0.1, 0.15) is 17.3 Å². The third-order valence-corrected chi connectivity index (χ3v) is 5.59. The van der Waals surface area contributed by atoms with Crippen LogP contribution in [0.4, 0.5) is 10.1 Å². The quantitative estimate of drug-likeness (QED) is 0.304. The fourth-order valence-corrected chi connectivity index (χ4v) is 3.86. The highest BCUT2D eigenvalue weighted by molar-refractivity contribution is 6.06. The van der Waals surface area contributed by atoms with Crippen LogP contribution in [0.15, 0.2) is 85.1 Å². The molecule has 5 rings (SSSR count). The SMILES string of the molecule is COc1cc2nccc(Oc3ccc4ccc(C(=O)Nc5cccc(F)c5)cc4c3)c2cc1OC. The number of nitrogens with zero attached hydrogens (tertiary/aromatic N) is 1. The monoisotopic (exact) mass is 468 g/mol. The van der Waals surface area contributed by atoms with Crippen molar-refractivity contribution in [1.82, 2.24) is 4.98 Å². The summed E-state index contributed by atoms with van der Waals surface area (Å²) in [5, 5.41) is 5.27. The number of anilines is 1. The summed E-state index contributed by atoms with van der Waals surface area (Å²) in [5.41, 5.74) is 1.55. The Morgan fingerprint density at radius 3 is 2.43 bits per heavy atom. The summed E-state index contributed by atoms with van der Waals surface area (Å²) < 4.78 is 30.4. The molecule has 5 aromatic rings. The van der Waals surface area contributed by atoms with Crippen LogP contribution in [0.3, 0.4) is 0 Å². The van der Waals surface area contributed by atoms with Gasteiger partial charge in [-0.15, -0.1) is 0 Å². The molecule has 0 atom stereocenters. The number of ether oxygens (including phenoxy) is 3. The molecule has 0 saturated heterocycles. The molecule has 35 heavy (non-hydrogen) atoms. The van der Waals surface area contributed by atoms with Gasteiger partial charge in [0.2, 0.25) is 0 Å². The Hall–Kier alpha value is -4.65. The van der Waals surface area contributed by atoms with E-state index in [9.17, 15) is 9.18 Å². The van der Waals surface area contributed by atoms with Gasteiger partial charge in [-0.2, -0.15) is 0 Å². The predicted molar refractivity (Wildman–Crippen MR) is 133 cm³/mol. The molecule has 1 amide bonds. The van der Waals surface area contributed by atoms with Gasteiger partial charge in [-0.1, -0.05) is 18.2 Å². The molecule has 0 unspecified atom stereocenters. The number of carbonyl (C=O) groups is 1. The first-order valence-corrected chi connectivity index (χ1v) is 10.8. The van der Waals surface area contributed by atoms with Crippen LogP contribution in [0.25, 0.3) is 21.7 Å². The van der Waals surface area contributed by atoms with Crippen molar-refractivity contribution in [3.05, 3.63) is 96.4 Å². The standard InChI is InChI=1S/C28H21FN2O4/c1-33-26-15-23-24(16-27(26)34-2)30-11-10-25(23)35-22-9-8-17-6-7-18(12-19(17)13-22)28(32)31-21-5-3-4-20(29)14-21/h3-16H,1-2H3,(H,31,32). The van der Waals surface area contributed by atoms with E-state index in [-0.39, 0.29) is 5.91 Å². The molecule has 0 aliphatic heterocycles. The van der Waals surface area contributed by atoms with Gasteiger partial charge in [-0.05, 0) is 65.4 Å². The molecule has 7 heteroatoms. The summed E-state index contributed by atoms with van der Waals surface area (Å²) in [6.45, 7) is 0. The molecule has 0 radical (unpaired) electrons. The predicted octanol–water partition coefficient (Wildman–Crippen LogP) is 6.59. The van der Waals surface area contributed by atoms with E-state index in [2.05, 4.69) is 10.3 Å². The highest BCUT2D eigenvalue weighted by Gasteiger charge is 2.12. The van der Waals surface area contributed by atoms with Crippen LogP contribution in [0, 0.1) is 5.82 Å². The molecule has 1 N–H and O–H groups in total. The lowest BCUT2D eigenvalue weighted by molar-refractivity contribution is 0.102. The Morgan fingerprint density at radius 2 is 1.63 bits per heavy atom. The Morgan fingerprint density at radius 1 is 0.829 bits per heavy atom. The first-order chi connectivity index (χ1) is 17.0. The zero-order chi connectivity index (χ0) is 24.4. The largest absolute Gasteiger partial charge is 0.493 e. The third-order valence-electron chi connectivity index (χ3n) is 5.59. The average molecular weight is 468 g/mol. The number of fused-ring (bicyclic) bond motifs is 2. The minimum absolute atomic E-state index is 0.329. The zero-order valence-electron chi connectivity index (χ0n) is 19.0. The minimum atomic E-state index is -0.414. The first kappa shape index (κ1) is 22.2. The maximum Gasteiger partial charge on any atom is 0.255 e. The van der Waals surface area contributed by atoms with Crippen molar-refractivity contribution in [3.63, 3.8) is 0 Å². The van der Waals surface area contributed by atoms with E-state index < -0.39 is 5.82 Å². The van der Waals surface area contributed by atoms with Crippen molar-refractivity contribution in [2.75, 3.05) is 19.5 Å². The maximum absolute atomic E-state index is 13.4. The molecule has 0 spiro atoms. The normalized spacial score (nSPS) is 10.8. The van der Waals surface area contributed by atoms with Gasteiger partial charge in [0, 0.05) is 28.9 Å². The van der Waals surface area contributed by atoms with Crippen LogP contribution in [-0.4, -0.2) is 25.1 Å². The van der Waals surface area contributed by atoms with Crippen LogP contribution in [-0.2, 0) is 0 Å². The number of pyridine rings is 1. The summed E-state index contributed by atoms with van der Waals surface area (Å²) in [6.07, 6.45) is 1.67. The molecule has 174 valence electrons. The third kappa shape index (κ3) is 4.56. The lowest BCUT2D eigenvalue weighted by Crippen LogP contribution is -2.11. The topological polar surface area (TPSA) is 69.7 Å². The number of hydrogen-bond acceptors (Lipinski definition) is 5. The molecule has 0 aliphatic carbocycles.